The maximum atomic E-state index is 12.9. The standard InChI is InChI=1S/C18H28FNO/c1-14(2)11-18(9-3-4-10-18)13-20-12-17(21)15-5-7-16(19)8-6-15/h5-8,14,17,20-21H,3-4,9-13H2,1-2H3. The monoisotopic (exact) mass is 293 g/mol. The second-order valence-corrected chi connectivity index (χ2v) is 7.00. The lowest BCUT2D eigenvalue weighted by molar-refractivity contribution is 0.158. The van der Waals surface area contributed by atoms with Crippen molar-refractivity contribution in [1.29, 1.82) is 0 Å². The van der Waals surface area contributed by atoms with Gasteiger partial charge in [0.05, 0.1) is 6.10 Å². The summed E-state index contributed by atoms with van der Waals surface area (Å²) in [6.45, 7) is 6.08. The van der Waals surface area contributed by atoms with Gasteiger partial charge in [0, 0.05) is 13.1 Å². The van der Waals surface area contributed by atoms with Crippen LogP contribution in [0.3, 0.4) is 0 Å². The summed E-state index contributed by atoms with van der Waals surface area (Å²) in [6, 6.07) is 6.10. The second kappa shape index (κ2) is 7.37. The summed E-state index contributed by atoms with van der Waals surface area (Å²) in [6.07, 6.45) is 5.94. The van der Waals surface area contributed by atoms with Gasteiger partial charge in [-0.05, 0) is 48.3 Å². The second-order valence-electron chi connectivity index (χ2n) is 7.00. The Morgan fingerprint density at radius 2 is 1.81 bits per heavy atom. The van der Waals surface area contributed by atoms with Crippen LogP contribution in [0.4, 0.5) is 4.39 Å². The summed E-state index contributed by atoms with van der Waals surface area (Å²) in [5.41, 5.74) is 1.18. The van der Waals surface area contributed by atoms with Crippen molar-refractivity contribution < 1.29 is 9.50 Å². The van der Waals surface area contributed by atoms with E-state index in [2.05, 4.69) is 19.2 Å². The molecule has 0 bridgehead atoms. The minimum absolute atomic E-state index is 0.263. The zero-order valence-electron chi connectivity index (χ0n) is 13.2. The Morgan fingerprint density at radius 1 is 1.19 bits per heavy atom. The van der Waals surface area contributed by atoms with Gasteiger partial charge >= 0.3 is 0 Å². The molecule has 0 saturated heterocycles. The highest BCUT2D eigenvalue weighted by molar-refractivity contribution is 5.18. The highest BCUT2D eigenvalue weighted by atomic mass is 19.1. The summed E-state index contributed by atoms with van der Waals surface area (Å²) in [5, 5.41) is 13.6. The number of benzene rings is 1. The Morgan fingerprint density at radius 3 is 2.38 bits per heavy atom. The van der Waals surface area contributed by atoms with E-state index in [1.807, 2.05) is 0 Å². The van der Waals surface area contributed by atoms with E-state index in [-0.39, 0.29) is 5.82 Å². The molecule has 21 heavy (non-hydrogen) atoms. The van der Waals surface area contributed by atoms with Gasteiger partial charge in [-0.25, -0.2) is 4.39 Å². The quantitative estimate of drug-likeness (QED) is 0.794. The van der Waals surface area contributed by atoms with Crippen LogP contribution < -0.4 is 5.32 Å². The van der Waals surface area contributed by atoms with Crippen LogP contribution in [0.15, 0.2) is 24.3 Å². The first-order valence-electron chi connectivity index (χ1n) is 8.15. The number of rotatable bonds is 7. The highest BCUT2D eigenvalue weighted by Gasteiger charge is 2.33. The molecule has 0 amide bonds. The van der Waals surface area contributed by atoms with Crippen LogP contribution >= 0.6 is 0 Å². The van der Waals surface area contributed by atoms with E-state index in [0.29, 0.717) is 17.9 Å². The Kier molecular flexibility index (Phi) is 5.77. The molecular formula is C18H28FNO. The molecule has 1 aromatic rings. The normalized spacial score (nSPS) is 19.1. The van der Waals surface area contributed by atoms with Gasteiger partial charge < -0.3 is 10.4 Å². The molecule has 1 aromatic carbocycles. The van der Waals surface area contributed by atoms with E-state index in [1.54, 1.807) is 12.1 Å². The lowest BCUT2D eigenvalue weighted by Gasteiger charge is -2.31. The smallest absolute Gasteiger partial charge is 0.123 e. The van der Waals surface area contributed by atoms with Gasteiger partial charge in [-0.3, -0.25) is 0 Å². The lowest BCUT2D eigenvalue weighted by atomic mass is 9.78. The topological polar surface area (TPSA) is 32.3 Å². The van der Waals surface area contributed by atoms with Crippen LogP contribution in [0.2, 0.25) is 0 Å². The zero-order valence-corrected chi connectivity index (χ0v) is 13.2. The molecule has 2 N–H and O–H groups in total. The average molecular weight is 293 g/mol. The molecule has 1 atom stereocenters. The molecule has 1 fully saturated rings. The molecule has 118 valence electrons. The fraction of sp³-hybridized carbons (Fsp3) is 0.667. The van der Waals surface area contributed by atoms with Crippen LogP contribution in [-0.2, 0) is 0 Å². The largest absolute Gasteiger partial charge is 0.387 e. The van der Waals surface area contributed by atoms with E-state index in [1.165, 1.54) is 44.2 Å². The fourth-order valence-electron chi connectivity index (χ4n) is 3.72. The van der Waals surface area contributed by atoms with E-state index in [0.717, 1.165) is 12.1 Å². The Hall–Kier alpha value is -0.930. The van der Waals surface area contributed by atoms with Crippen molar-refractivity contribution in [2.75, 3.05) is 13.1 Å². The molecule has 2 rings (SSSR count). The number of aliphatic hydroxyl groups is 1. The minimum atomic E-state index is -0.567. The molecule has 0 radical (unpaired) electrons. The molecule has 0 spiro atoms. The molecule has 2 nitrogen and oxygen atoms in total. The molecule has 1 saturated carbocycles. The van der Waals surface area contributed by atoms with Gasteiger partial charge in [-0.2, -0.15) is 0 Å². The summed E-state index contributed by atoms with van der Waals surface area (Å²) >= 11 is 0. The van der Waals surface area contributed by atoms with Crippen LogP contribution in [0, 0.1) is 17.2 Å². The first-order valence-corrected chi connectivity index (χ1v) is 8.15. The summed E-state index contributed by atoms with van der Waals surface area (Å²) < 4.78 is 12.9. The highest BCUT2D eigenvalue weighted by Crippen LogP contribution is 2.42. The molecule has 1 aliphatic rings. The minimum Gasteiger partial charge on any atom is -0.387 e. The summed E-state index contributed by atoms with van der Waals surface area (Å²) in [5.74, 6) is 0.452. The number of aliphatic hydroxyl groups excluding tert-OH is 1. The summed E-state index contributed by atoms with van der Waals surface area (Å²) in [4.78, 5) is 0. The van der Waals surface area contributed by atoms with Crippen molar-refractivity contribution in [3.8, 4) is 0 Å². The van der Waals surface area contributed by atoms with Crippen LogP contribution in [0.25, 0.3) is 0 Å². The van der Waals surface area contributed by atoms with Crippen molar-refractivity contribution in [3.05, 3.63) is 35.6 Å². The molecular weight excluding hydrogens is 265 g/mol. The third kappa shape index (κ3) is 4.79. The van der Waals surface area contributed by atoms with Gasteiger partial charge in [0.25, 0.3) is 0 Å². The van der Waals surface area contributed by atoms with Crippen molar-refractivity contribution in [2.45, 2.75) is 52.1 Å². The maximum Gasteiger partial charge on any atom is 0.123 e. The molecule has 3 heteroatoms. The first kappa shape index (κ1) is 16.4. The number of nitrogens with one attached hydrogen (secondary N) is 1. The fourth-order valence-corrected chi connectivity index (χ4v) is 3.72. The van der Waals surface area contributed by atoms with Crippen molar-refractivity contribution in [3.63, 3.8) is 0 Å². The molecule has 1 aliphatic carbocycles. The Bertz CT molecular complexity index is 423. The van der Waals surface area contributed by atoms with Gasteiger partial charge in [-0.15, -0.1) is 0 Å². The van der Waals surface area contributed by atoms with Crippen LogP contribution in [-0.4, -0.2) is 18.2 Å². The SMILES string of the molecule is CC(C)CC1(CNCC(O)c2ccc(F)cc2)CCCC1. The van der Waals surface area contributed by atoms with Gasteiger partial charge in [0.15, 0.2) is 0 Å². The van der Waals surface area contributed by atoms with E-state index < -0.39 is 6.10 Å². The zero-order chi connectivity index (χ0) is 15.3. The number of hydrogen-bond acceptors (Lipinski definition) is 2. The predicted octanol–water partition coefficient (Wildman–Crippen LogP) is 4.06. The Labute approximate surface area is 127 Å². The molecule has 1 unspecified atom stereocenters. The summed E-state index contributed by atoms with van der Waals surface area (Å²) in [7, 11) is 0. The molecule has 0 aliphatic heterocycles. The average Bonchev–Trinajstić information content (AvgIpc) is 2.87. The number of halogens is 1. The van der Waals surface area contributed by atoms with Crippen molar-refractivity contribution in [2.24, 2.45) is 11.3 Å². The van der Waals surface area contributed by atoms with E-state index >= 15 is 0 Å². The van der Waals surface area contributed by atoms with Gasteiger partial charge in [0.1, 0.15) is 5.82 Å². The maximum absolute atomic E-state index is 12.9. The third-order valence-electron chi connectivity index (χ3n) is 4.60. The van der Waals surface area contributed by atoms with E-state index in [9.17, 15) is 9.50 Å². The Balaban J connectivity index is 1.83. The van der Waals surface area contributed by atoms with Gasteiger partial charge in [0.2, 0.25) is 0 Å². The lowest BCUT2D eigenvalue weighted by Crippen LogP contribution is -2.35. The van der Waals surface area contributed by atoms with Crippen molar-refractivity contribution >= 4 is 0 Å². The van der Waals surface area contributed by atoms with E-state index in [4.69, 9.17) is 0 Å². The van der Waals surface area contributed by atoms with Crippen LogP contribution in [0.1, 0.15) is 57.6 Å². The predicted molar refractivity (Wildman–Crippen MR) is 84.6 cm³/mol. The van der Waals surface area contributed by atoms with Crippen LogP contribution in [0.5, 0.6) is 0 Å². The van der Waals surface area contributed by atoms with Gasteiger partial charge in [-0.1, -0.05) is 38.8 Å². The molecule has 0 heterocycles. The number of hydrogen-bond donors (Lipinski definition) is 2. The third-order valence-corrected chi connectivity index (χ3v) is 4.60. The first-order chi connectivity index (χ1) is 10.0. The molecule has 0 aromatic heterocycles. The van der Waals surface area contributed by atoms with Crippen molar-refractivity contribution in [1.82, 2.24) is 5.32 Å².